The fourth-order valence-corrected chi connectivity index (χ4v) is 4.38. The molecule has 2 heterocycles. The highest BCUT2D eigenvalue weighted by Gasteiger charge is 2.26. The standard InChI is InChI=1S/C23H25BrN4O2/c1-27(2)11-5-10-25-22(30)14-28-20-9-8-15(24)12-17(20)18-13-21(29)26-19-7-4-3-6-16(19)23(18)28/h3-4,6-9,12H,5,10-11,13-14H2,1-2H3,(H,25,30)(H,26,29). The van der Waals surface area contributed by atoms with Crippen molar-refractivity contribution in [1.29, 1.82) is 0 Å². The smallest absolute Gasteiger partial charge is 0.239 e. The van der Waals surface area contributed by atoms with E-state index in [4.69, 9.17) is 0 Å². The molecule has 0 aliphatic carbocycles. The molecule has 0 radical (unpaired) electrons. The third-order valence-electron chi connectivity index (χ3n) is 5.33. The molecule has 7 heteroatoms. The second kappa shape index (κ2) is 8.62. The monoisotopic (exact) mass is 468 g/mol. The van der Waals surface area contributed by atoms with Crippen LogP contribution in [0, 0.1) is 0 Å². The maximum atomic E-state index is 12.8. The Labute approximate surface area is 184 Å². The van der Waals surface area contributed by atoms with Crippen LogP contribution < -0.4 is 10.6 Å². The average molecular weight is 469 g/mol. The summed E-state index contributed by atoms with van der Waals surface area (Å²) < 4.78 is 2.98. The third-order valence-corrected chi connectivity index (χ3v) is 5.82. The Morgan fingerprint density at radius 3 is 2.83 bits per heavy atom. The van der Waals surface area contributed by atoms with Crippen molar-refractivity contribution in [3.8, 4) is 11.3 Å². The summed E-state index contributed by atoms with van der Waals surface area (Å²) in [5, 5.41) is 7.02. The van der Waals surface area contributed by atoms with Crippen LogP contribution in [0.2, 0.25) is 0 Å². The van der Waals surface area contributed by atoms with Gasteiger partial charge in [-0.2, -0.15) is 0 Å². The molecule has 0 fully saturated rings. The molecule has 30 heavy (non-hydrogen) atoms. The predicted molar refractivity (Wildman–Crippen MR) is 124 cm³/mol. The van der Waals surface area contributed by atoms with Crippen LogP contribution >= 0.6 is 15.9 Å². The summed E-state index contributed by atoms with van der Waals surface area (Å²) in [4.78, 5) is 27.5. The summed E-state index contributed by atoms with van der Waals surface area (Å²) in [6.07, 6.45) is 1.17. The second-order valence-corrected chi connectivity index (χ2v) is 8.77. The van der Waals surface area contributed by atoms with Crippen molar-refractivity contribution in [1.82, 2.24) is 14.8 Å². The van der Waals surface area contributed by atoms with E-state index in [1.165, 1.54) is 0 Å². The lowest BCUT2D eigenvalue weighted by Gasteiger charge is -2.14. The summed E-state index contributed by atoms with van der Waals surface area (Å²) in [5.41, 5.74) is 4.55. The number of para-hydroxylation sites is 1. The van der Waals surface area contributed by atoms with E-state index in [9.17, 15) is 9.59 Å². The lowest BCUT2D eigenvalue weighted by molar-refractivity contribution is -0.121. The Bertz CT molecular complexity index is 1120. The van der Waals surface area contributed by atoms with Crippen molar-refractivity contribution < 1.29 is 9.59 Å². The number of halogens is 1. The molecular weight excluding hydrogens is 444 g/mol. The van der Waals surface area contributed by atoms with E-state index in [-0.39, 0.29) is 24.8 Å². The van der Waals surface area contributed by atoms with Gasteiger partial charge in [0, 0.05) is 27.5 Å². The second-order valence-electron chi connectivity index (χ2n) is 7.85. The number of aromatic nitrogens is 1. The number of hydrogen-bond acceptors (Lipinski definition) is 3. The number of rotatable bonds is 6. The highest BCUT2D eigenvalue weighted by atomic mass is 79.9. The molecule has 0 bridgehead atoms. The summed E-state index contributed by atoms with van der Waals surface area (Å²) in [6.45, 7) is 1.77. The molecule has 2 aromatic carbocycles. The van der Waals surface area contributed by atoms with Crippen LogP contribution in [-0.4, -0.2) is 48.5 Å². The minimum atomic E-state index is -0.0478. The predicted octanol–water partition coefficient (Wildman–Crippen LogP) is 3.63. The topological polar surface area (TPSA) is 66.4 Å². The quantitative estimate of drug-likeness (QED) is 0.542. The molecule has 2 N–H and O–H groups in total. The number of amides is 2. The Kier molecular flexibility index (Phi) is 5.92. The maximum Gasteiger partial charge on any atom is 0.239 e. The fraction of sp³-hybridized carbons (Fsp3) is 0.304. The first-order chi connectivity index (χ1) is 14.4. The van der Waals surface area contributed by atoms with Gasteiger partial charge in [0.25, 0.3) is 0 Å². The Hall–Kier alpha value is -2.64. The van der Waals surface area contributed by atoms with Crippen molar-refractivity contribution in [3.05, 3.63) is 52.5 Å². The van der Waals surface area contributed by atoms with Gasteiger partial charge in [0.2, 0.25) is 11.8 Å². The summed E-state index contributed by atoms with van der Waals surface area (Å²) in [5.74, 6) is -0.0780. The fourth-order valence-electron chi connectivity index (χ4n) is 4.02. The van der Waals surface area contributed by atoms with Gasteiger partial charge in [-0.15, -0.1) is 0 Å². The molecule has 1 aliphatic rings. The number of nitrogens with one attached hydrogen (secondary N) is 2. The Morgan fingerprint density at radius 1 is 1.23 bits per heavy atom. The van der Waals surface area contributed by atoms with E-state index in [2.05, 4.69) is 31.5 Å². The first kappa shape index (κ1) is 20.6. The van der Waals surface area contributed by atoms with Gasteiger partial charge in [-0.3, -0.25) is 9.59 Å². The molecule has 0 saturated carbocycles. The molecule has 6 nitrogen and oxygen atoms in total. The van der Waals surface area contributed by atoms with Gasteiger partial charge in [0.15, 0.2) is 0 Å². The van der Waals surface area contributed by atoms with E-state index < -0.39 is 0 Å². The van der Waals surface area contributed by atoms with Crippen LogP contribution in [0.4, 0.5) is 5.69 Å². The van der Waals surface area contributed by atoms with Crippen LogP contribution in [0.1, 0.15) is 12.0 Å². The minimum Gasteiger partial charge on any atom is -0.355 e. The third kappa shape index (κ3) is 4.13. The van der Waals surface area contributed by atoms with Crippen LogP contribution in [0.25, 0.3) is 22.2 Å². The zero-order valence-corrected chi connectivity index (χ0v) is 18.8. The van der Waals surface area contributed by atoms with Gasteiger partial charge in [0.1, 0.15) is 6.54 Å². The van der Waals surface area contributed by atoms with Crippen molar-refractivity contribution in [2.45, 2.75) is 19.4 Å². The van der Waals surface area contributed by atoms with Gasteiger partial charge in [0.05, 0.1) is 17.8 Å². The van der Waals surface area contributed by atoms with Gasteiger partial charge in [-0.1, -0.05) is 34.1 Å². The summed E-state index contributed by atoms with van der Waals surface area (Å²) in [6, 6.07) is 13.8. The first-order valence-electron chi connectivity index (χ1n) is 10.1. The molecule has 0 saturated heterocycles. The zero-order valence-electron chi connectivity index (χ0n) is 17.2. The maximum absolute atomic E-state index is 12.8. The van der Waals surface area contributed by atoms with Crippen LogP contribution in [0.15, 0.2) is 46.9 Å². The number of anilines is 1. The highest BCUT2D eigenvalue weighted by Crippen LogP contribution is 2.40. The van der Waals surface area contributed by atoms with E-state index >= 15 is 0 Å². The molecule has 1 aliphatic heterocycles. The molecule has 1 aromatic heterocycles. The van der Waals surface area contributed by atoms with Gasteiger partial charge in [-0.05, 0) is 56.9 Å². The van der Waals surface area contributed by atoms with E-state index in [0.717, 1.165) is 50.8 Å². The molecular formula is C23H25BrN4O2. The number of carbonyl (C=O) groups is 2. The number of carbonyl (C=O) groups excluding carboxylic acids is 2. The number of benzene rings is 2. The Balaban J connectivity index is 1.76. The van der Waals surface area contributed by atoms with E-state index in [1.54, 1.807) is 0 Å². The normalized spacial score (nSPS) is 13.0. The van der Waals surface area contributed by atoms with E-state index in [0.29, 0.717) is 6.54 Å². The van der Waals surface area contributed by atoms with Crippen molar-refractivity contribution >= 4 is 44.3 Å². The molecule has 3 aromatic rings. The largest absolute Gasteiger partial charge is 0.355 e. The molecule has 0 spiro atoms. The molecule has 2 amide bonds. The number of nitrogens with zero attached hydrogens (tertiary/aromatic N) is 2. The van der Waals surface area contributed by atoms with Crippen LogP contribution in [0.3, 0.4) is 0 Å². The zero-order chi connectivity index (χ0) is 21.3. The number of fused-ring (bicyclic) bond motifs is 5. The van der Waals surface area contributed by atoms with Crippen molar-refractivity contribution in [2.24, 2.45) is 0 Å². The molecule has 0 atom stereocenters. The van der Waals surface area contributed by atoms with Crippen molar-refractivity contribution in [2.75, 3.05) is 32.5 Å². The van der Waals surface area contributed by atoms with Gasteiger partial charge < -0.3 is 20.1 Å². The van der Waals surface area contributed by atoms with Crippen LogP contribution in [-0.2, 0) is 22.6 Å². The highest BCUT2D eigenvalue weighted by molar-refractivity contribution is 9.10. The van der Waals surface area contributed by atoms with Crippen LogP contribution in [0.5, 0.6) is 0 Å². The minimum absolute atomic E-state index is 0.0302. The molecule has 0 unspecified atom stereocenters. The van der Waals surface area contributed by atoms with Gasteiger partial charge in [-0.25, -0.2) is 0 Å². The average Bonchev–Trinajstić information content (AvgIpc) is 2.88. The molecule has 156 valence electrons. The SMILES string of the molecule is CN(C)CCCNC(=O)Cn1c2c(c3cc(Br)ccc31)CC(=O)Nc1ccccc1-2. The number of hydrogen-bond donors (Lipinski definition) is 2. The lowest BCUT2D eigenvalue weighted by atomic mass is 10.0. The Morgan fingerprint density at radius 2 is 2.03 bits per heavy atom. The summed E-state index contributed by atoms with van der Waals surface area (Å²) in [7, 11) is 4.04. The first-order valence-corrected chi connectivity index (χ1v) is 10.8. The van der Waals surface area contributed by atoms with E-state index in [1.807, 2.05) is 61.1 Å². The van der Waals surface area contributed by atoms with Gasteiger partial charge >= 0.3 is 0 Å². The summed E-state index contributed by atoms with van der Waals surface area (Å²) >= 11 is 3.55. The van der Waals surface area contributed by atoms with Crippen molar-refractivity contribution in [3.63, 3.8) is 0 Å². The lowest BCUT2D eigenvalue weighted by Crippen LogP contribution is -2.30. The molecule has 4 rings (SSSR count).